The van der Waals surface area contributed by atoms with E-state index in [1.807, 2.05) is 0 Å². The maximum absolute atomic E-state index is 12.6. The molecule has 3 heterocycles. The van der Waals surface area contributed by atoms with Crippen LogP contribution < -0.4 is 5.32 Å². The predicted octanol–water partition coefficient (Wildman–Crippen LogP) is 2.30. The molecule has 1 N–H and O–H groups in total. The Bertz CT molecular complexity index is 738. The molecule has 27 heavy (non-hydrogen) atoms. The molecule has 8 heteroatoms. The molecule has 0 radical (unpaired) electrons. The van der Waals surface area contributed by atoms with Crippen LogP contribution in [0.4, 0.5) is 0 Å². The zero-order valence-electron chi connectivity index (χ0n) is 16.3. The summed E-state index contributed by atoms with van der Waals surface area (Å²) >= 11 is 0. The minimum Gasteiger partial charge on any atom is -0.438 e. The topological polar surface area (TPSA) is 82.9 Å². The number of hydrogen-bond acceptors (Lipinski definition) is 5. The van der Waals surface area contributed by atoms with Gasteiger partial charge in [-0.1, -0.05) is 6.42 Å². The van der Waals surface area contributed by atoms with Crippen molar-refractivity contribution in [2.24, 2.45) is 5.92 Å². The number of hydrogen-bond donors (Lipinski definition) is 1. The number of nitrogens with one attached hydrogen (secondary N) is 1. The van der Waals surface area contributed by atoms with Gasteiger partial charge in [-0.25, -0.2) is 8.42 Å². The molecule has 1 atom stereocenters. The van der Waals surface area contributed by atoms with Crippen molar-refractivity contribution >= 4 is 15.9 Å². The van der Waals surface area contributed by atoms with E-state index in [4.69, 9.17) is 4.42 Å². The summed E-state index contributed by atoms with van der Waals surface area (Å²) in [6, 6.07) is 3.35. The minimum atomic E-state index is -3.65. The molecule has 1 unspecified atom stereocenters. The van der Waals surface area contributed by atoms with Crippen molar-refractivity contribution in [1.82, 2.24) is 14.5 Å². The van der Waals surface area contributed by atoms with E-state index < -0.39 is 10.0 Å². The van der Waals surface area contributed by atoms with E-state index in [9.17, 15) is 13.2 Å². The number of likely N-dealkylation sites (tertiary alicyclic amines) is 1. The van der Waals surface area contributed by atoms with Gasteiger partial charge in [0.15, 0.2) is 5.76 Å². The fourth-order valence-electron chi connectivity index (χ4n) is 3.87. The molecule has 2 fully saturated rings. The molecule has 1 amide bonds. The number of sulfonamides is 1. The van der Waals surface area contributed by atoms with Gasteiger partial charge in [-0.3, -0.25) is 4.79 Å². The molecule has 3 rings (SSSR count). The van der Waals surface area contributed by atoms with Crippen molar-refractivity contribution in [3.05, 3.63) is 17.9 Å². The Morgan fingerprint density at radius 2 is 1.93 bits per heavy atom. The Kier molecular flexibility index (Phi) is 6.60. The first-order chi connectivity index (χ1) is 12.9. The SMILES string of the molecule is CC(C)N1CCCC(CNC(=O)c2ccc(S(=O)(=O)N3CCCCC3)o2)C1. The van der Waals surface area contributed by atoms with E-state index >= 15 is 0 Å². The predicted molar refractivity (Wildman–Crippen MR) is 103 cm³/mol. The summed E-state index contributed by atoms with van der Waals surface area (Å²) in [5.74, 6) is 0.121. The summed E-state index contributed by atoms with van der Waals surface area (Å²) in [4.78, 5) is 14.8. The fraction of sp³-hybridized carbons (Fsp3) is 0.737. The summed E-state index contributed by atoms with van der Waals surface area (Å²) < 4.78 is 32.1. The second kappa shape index (κ2) is 8.75. The highest BCUT2D eigenvalue weighted by Crippen LogP contribution is 2.23. The maximum atomic E-state index is 12.6. The molecule has 0 bridgehead atoms. The Morgan fingerprint density at radius 3 is 2.63 bits per heavy atom. The van der Waals surface area contributed by atoms with Gasteiger partial charge in [0.2, 0.25) is 5.09 Å². The standard InChI is InChI=1S/C19H31N3O4S/c1-15(2)21-10-6-7-16(14-21)13-20-19(23)17-8-9-18(26-17)27(24,25)22-11-4-3-5-12-22/h8-9,15-16H,3-7,10-14H2,1-2H3,(H,20,23). The highest BCUT2D eigenvalue weighted by molar-refractivity contribution is 7.89. The number of carbonyl (C=O) groups excluding carboxylic acids is 1. The summed E-state index contributed by atoms with van der Waals surface area (Å²) in [6.45, 7) is 8.07. The fourth-order valence-corrected chi connectivity index (χ4v) is 5.30. The van der Waals surface area contributed by atoms with Gasteiger partial charge >= 0.3 is 0 Å². The van der Waals surface area contributed by atoms with Crippen LogP contribution in [0.1, 0.15) is 56.5 Å². The molecule has 0 saturated carbocycles. The van der Waals surface area contributed by atoms with Gasteiger partial charge in [-0.15, -0.1) is 0 Å². The number of furan rings is 1. The molecule has 0 spiro atoms. The van der Waals surface area contributed by atoms with Gasteiger partial charge in [0.05, 0.1) is 0 Å². The zero-order valence-corrected chi connectivity index (χ0v) is 17.1. The summed E-state index contributed by atoms with van der Waals surface area (Å²) in [7, 11) is -3.65. The van der Waals surface area contributed by atoms with Crippen molar-refractivity contribution < 1.29 is 17.6 Å². The second-order valence-electron chi connectivity index (χ2n) is 7.89. The van der Waals surface area contributed by atoms with E-state index in [0.717, 1.165) is 45.2 Å². The first-order valence-corrected chi connectivity index (χ1v) is 11.4. The van der Waals surface area contributed by atoms with Crippen LogP contribution in [0.15, 0.2) is 21.6 Å². The number of carbonyl (C=O) groups is 1. The first kappa shape index (κ1) is 20.4. The maximum Gasteiger partial charge on any atom is 0.287 e. The Morgan fingerprint density at radius 1 is 1.19 bits per heavy atom. The number of piperidine rings is 2. The van der Waals surface area contributed by atoms with Gasteiger partial charge in [0, 0.05) is 32.2 Å². The van der Waals surface area contributed by atoms with E-state index in [1.54, 1.807) is 0 Å². The van der Waals surface area contributed by atoms with Crippen LogP contribution in [0.2, 0.25) is 0 Å². The van der Waals surface area contributed by atoms with Crippen LogP contribution in [0.25, 0.3) is 0 Å². The second-order valence-corrected chi connectivity index (χ2v) is 9.76. The zero-order chi connectivity index (χ0) is 19.4. The van der Waals surface area contributed by atoms with Crippen molar-refractivity contribution in [3.8, 4) is 0 Å². The smallest absolute Gasteiger partial charge is 0.287 e. The summed E-state index contributed by atoms with van der Waals surface area (Å²) in [6.07, 6.45) is 5.01. The number of amides is 1. The molecule has 2 saturated heterocycles. The largest absolute Gasteiger partial charge is 0.438 e. The Hall–Kier alpha value is -1.38. The molecule has 152 valence electrons. The van der Waals surface area contributed by atoms with Crippen LogP contribution in [-0.4, -0.2) is 62.3 Å². The van der Waals surface area contributed by atoms with E-state index in [-0.39, 0.29) is 16.8 Å². The molecule has 1 aromatic heterocycles. The van der Waals surface area contributed by atoms with Crippen molar-refractivity contribution in [3.63, 3.8) is 0 Å². The molecular weight excluding hydrogens is 366 g/mol. The molecule has 0 aliphatic carbocycles. The Labute approximate surface area is 162 Å². The van der Waals surface area contributed by atoms with Crippen LogP contribution in [0.3, 0.4) is 0 Å². The van der Waals surface area contributed by atoms with Gasteiger partial charge < -0.3 is 14.6 Å². The molecular formula is C19H31N3O4S. The third kappa shape index (κ3) is 4.92. The first-order valence-electron chi connectivity index (χ1n) is 10.00. The molecule has 1 aromatic rings. The minimum absolute atomic E-state index is 0.0575. The number of nitrogens with zero attached hydrogens (tertiary/aromatic N) is 2. The molecule has 0 aromatic carbocycles. The third-order valence-electron chi connectivity index (χ3n) is 5.55. The average molecular weight is 398 g/mol. The lowest BCUT2D eigenvalue weighted by atomic mass is 9.97. The average Bonchev–Trinajstić information content (AvgIpc) is 3.18. The lowest BCUT2D eigenvalue weighted by Crippen LogP contribution is -2.43. The van der Waals surface area contributed by atoms with Crippen LogP contribution in [0, 0.1) is 5.92 Å². The van der Waals surface area contributed by atoms with E-state index in [0.29, 0.717) is 31.6 Å². The lowest BCUT2D eigenvalue weighted by molar-refractivity contribution is 0.0890. The van der Waals surface area contributed by atoms with E-state index in [2.05, 4.69) is 24.1 Å². The van der Waals surface area contributed by atoms with Gasteiger partial charge in [0.25, 0.3) is 15.9 Å². The molecule has 7 nitrogen and oxygen atoms in total. The summed E-state index contributed by atoms with van der Waals surface area (Å²) in [5, 5.41) is 2.76. The summed E-state index contributed by atoms with van der Waals surface area (Å²) in [5.41, 5.74) is 0. The van der Waals surface area contributed by atoms with Crippen LogP contribution in [-0.2, 0) is 10.0 Å². The number of rotatable bonds is 6. The van der Waals surface area contributed by atoms with Gasteiger partial charge in [-0.2, -0.15) is 4.31 Å². The van der Waals surface area contributed by atoms with Crippen LogP contribution >= 0.6 is 0 Å². The molecule has 2 aliphatic rings. The van der Waals surface area contributed by atoms with Gasteiger partial charge in [0.1, 0.15) is 0 Å². The lowest BCUT2D eigenvalue weighted by Gasteiger charge is -2.35. The van der Waals surface area contributed by atoms with Crippen molar-refractivity contribution in [2.75, 3.05) is 32.7 Å². The highest BCUT2D eigenvalue weighted by Gasteiger charge is 2.30. The molecule has 2 aliphatic heterocycles. The monoisotopic (exact) mass is 397 g/mol. The normalized spacial score (nSPS) is 22.9. The third-order valence-corrected chi connectivity index (χ3v) is 7.32. The van der Waals surface area contributed by atoms with Crippen molar-refractivity contribution in [1.29, 1.82) is 0 Å². The quantitative estimate of drug-likeness (QED) is 0.796. The van der Waals surface area contributed by atoms with Crippen molar-refractivity contribution in [2.45, 2.75) is 57.1 Å². The van der Waals surface area contributed by atoms with E-state index in [1.165, 1.54) is 16.4 Å². The van der Waals surface area contributed by atoms with Gasteiger partial charge in [-0.05, 0) is 64.1 Å². The highest BCUT2D eigenvalue weighted by atomic mass is 32.2. The Balaban J connectivity index is 1.57. The van der Waals surface area contributed by atoms with Crippen LogP contribution in [0.5, 0.6) is 0 Å².